The van der Waals surface area contributed by atoms with E-state index in [1.165, 1.54) is 30.0 Å². The van der Waals surface area contributed by atoms with Crippen LogP contribution in [0.25, 0.3) is 0 Å². The van der Waals surface area contributed by atoms with E-state index < -0.39 is 10.0 Å². The zero-order chi connectivity index (χ0) is 19.2. The average Bonchev–Trinajstić information content (AvgIpc) is 3.38. The zero-order valence-corrected chi connectivity index (χ0v) is 17.1. The fourth-order valence-corrected chi connectivity index (χ4v) is 7.02. The summed E-state index contributed by atoms with van der Waals surface area (Å²) in [5.41, 5.74) is 0. The van der Waals surface area contributed by atoms with E-state index in [2.05, 4.69) is 12.2 Å². The second-order valence-corrected chi connectivity index (χ2v) is 10.8. The molecule has 1 aromatic heterocycles. The molecule has 4 atom stereocenters. The molecule has 0 aromatic carbocycles. The average molecular weight is 394 g/mol. The number of sulfonamides is 1. The highest BCUT2D eigenvalue weighted by atomic mass is 32.2. The Morgan fingerprint density at radius 1 is 1.19 bits per heavy atom. The number of piperidine rings is 1. The molecule has 6 nitrogen and oxygen atoms in total. The van der Waals surface area contributed by atoms with E-state index in [0.29, 0.717) is 36.7 Å². The molecule has 4 rings (SSSR count). The first kappa shape index (κ1) is 19.0. The molecule has 2 saturated carbocycles. The monoisotopic (exact) mass is 393 g/mol. The first-order chi connectivity index (χ1) is 12.8. The minimum atomic E-state index is -3.45. The standard InChI is InChI=1S/C20H31N3O3S/c1-14(19-12-15-3-4-17(19)11-15)21-20(24)16-5-9-23(10-6-16)27(25,26)18-7-8-22(2)13-18/h7-8,13-17,19H,3-6,9-12H2,1-2H3,(H,21,24)/t14-,15+,17+,19+/m1/s1. The van der Waals surface area contributed by atoms with Crippen LogP contribution < -0.4 is 5.32 Å². The summed E-state index contributed by atoms with van der Waals surface area (Å²) in [5, 5.41) is 3.25. The molecule has 2 aliphatic carbocycles. The topological polar surface area (TPSA) is 71.4 Å². The Morgan fingerprint density at radius 2 is 1.93 bits per heavy atom. The molecule has 0 spiro atoms. The molecule has 2 bridgehead atoms. The van der Waals surface area contributed by atoms with Crippen LogP contribution in [0.3, 0.4) is 0 Å². The summed E-state index contributed by atoms with van der Waals surface area (Å²) in [4.78, 5) is 13.1. The Morgan fingerprint density at radius 3 is 2.48 bits per heavy atom. The third-order valence-corrected chi connectivity index (χ3v) is 8.95. The Bertz CT molecular complexity index is 795. The molecule has 27 heavy (non-hydrogen) atoms. The fraction of sp³-hybridized carbons (Fsp3) is 0.750. The molecule has 1 N–H and O–H groups in total. The number of fused-ring (bicyclic) bond motifs is 2. The van der Waals surface area contributed by atoms with Gasteiger partial charge in [-0.3, -0.25) is 4.79 Å². The number of rotatable bonds is 5. The number of carbonyl (C=O) groups excluding carboxylic acids is 1. The van der Waals surface area contributed by atoms with Crippen LogP contribution in [0.1, 0.15) is 45.4 Å². The van der Waals surface area contributed by atoms with E-state index in [1.54, 1.807) is 23.0 Å². The lowest BCUT2D eigenvalue weighted by atomic mass is 9.83. The quantitative estimate of drug-likeness (QED) is 0.835. The van der Waals surface area contributed by atoms with Crippen molar-refractivity contribution in [3.05, 3.63) is 18.5 Å². The zero-order valence-electron chi connectivity index (χ0n) is 16.3. The van der Waals surface area contributed by atoms with Gasteiger partial charge in [0.1, 0.15) is 0 Å². The number of carbonyl (C=O) groups is 1. The van der Waals surface area contributed by atoms with Crippen LogP contribution in [-0.4, -0.2) is 42.3 Å². The fourth-order valence-electron chi connectivity index (χ4n) is 5.49. The minimum absolute atomic E-state index is 0.0757. The number of hydrogen-bond donors (Lipinski definition) is 1. The normalized spacial score (nSPS) is 30.5. The Balaban J connectivity index is 1.30. The lowest BCUT2D eigenvalue weighted by molar-refractivity contribution is -0.127. The summed E-state index contributed by atoms with van der Waals surface area (Å²) < 4.78 is 28.7. The van der Waals surface area contributed by atoms with E-state index in [9.17, 15) is 13.2 Å². The molecule has 150 valence electrons. The third kappa shape index (κ3) is 3.68. The largest absolute Gasteiger partial charge is 0.356 e. The van der Waals surface area contributed by atoms with Gasteiger partial charge in [0.05, 0.1) is 4.90 Å². The van der Waals surface area contributed by atoms with Crippen molar-refractivity contribution in [1.29, 1.82) is 0 Å². The molecule has 1 amide bonds. The molecule has 7 heteroatoms. The number of aryl methyl sites for hydroxylation is 1. The van der Waals surface area contributed by atoms with Gasteiger partial charge in [-0.25, -0.2) is 8.42 Å². The van der Waals surface area contributed by atoms with Crippen LogP contribution in [-0.2, 0) is 21.9 Å². The van der Waals surface area contributed by atoms with Crippen LogP contribution in [0.15, 0.2) is 23.4 Å². The van der Waals surface area contributed by atoms with Gasteiger partial charge >= 0.3 is 0 Å². The highest BCUT2D eigenvalue weighted by molar-refractivity contribution is 7.89. The Kier molecular flexibility index (Phi) is 5.10. The maximum absolute atomic E-state index is 12.7. The summed E-state index contributed by atoms with van der Waals surface area (Å²) in [5.74, 6) is 2.34. The summed E-state index contributed by atoms with van der Waals surface area (Å²) in [6.07, 6.45) is 9.87. The summed E-state index contributed by atoms with van der Waals surface area (Å²) in [6, 6.07) is 1.87. The Hall–Kier alpha value is -1.34. The van der Waals surface area contributed by atoms with Crippen LogP contribution >= 0.6 is 0 Å². The summed E-state index contributed by atoms with van der Waals surface area (Å²) in [6.45, 7) is 2.98. The molecule has 1 aromatic rings. The molecule has 0 unspecified atom stereocenters. The van der Waals surface area contributed by atoms with E-state index in [1.807, 2.05) is 7.05 Å². The predicted octanol–water partition coefficient (Wildman–Crippen LogP) is 2.37. The SMILES string of the molecule is C[C@@H](NC(=O)C1CCN(S(=O)(=O)c2ccn(C)c2)CC1)[C@@H]1C[C@H]2CC[C@H]1C2. The smallest absolute Gasteiger partial charge is 0.244 e. The van der Waals surface area contributed by atoms with E-state index in [0.717, 1.165) is 11.8 Å². The number of amides is 1. The van der Waals surface area contributed by atoms with Crippen molar-refractivity contribution < 1.29 is 13.2 Å². The van der Waals surface area contributed by atoms with E-state index >= 15 is 0 Å². The van der Waals surface area contributed by atoms with Gasteiger partial charge in [-0.15, -0.1) is 0 Å². The lowest BCUT2D eigenvalue weighted by Crippen LogP contribution is -2.47. The van der Waals surface area contributed by atoms with Crippen molar-refractivity contribution in [3.63, 3.8) is 0 Å². The van der Waals surface area contributed by atoms with E-state index in [-0.39, 0.29) is 17.9 Å². The van der Waals surface area contributed by atoms with E-state index in [4.69, 9.17) is 0 Å². The van der Waals surface area contributed by atoms with Crippen molar-refractivity contribution in [2.45, 2.75) is 56.4 Å². The number of nitrogens with one attached hydrogen (secondary N) is 1. The van der Waals surface area contributed by atoms with Gasteiger partial charge in [0.15, 0.2) is 0 Å². The summed E-state index contributed by atoms with van der Waals surface area (Å²) >= 11 is 0. The molecular weight excluding hydrogens is 362 g/mol. The van der Waals surface area contributed by atoms with Crippen LogP contribution in [0, 0.1) is 23.7 Å². The van der Waals surface area contributed by atoms with Crippen molar-refractivity contribution in [1.82, 2.24) is 14.2 Å². The van der Waals surface area contributed by atoms with Crippen LogP contribution in [0.2, 0.25) is 0 Å². The van der Waals surface area contributed by atoms with Crippen molar-refractivity contribution in [2.75, 3.05) is 13.1 Å². The van der Waals surface area contributed by atoms with Crippen molar-refractivity contribution in [2.24, 2.45) is 30.7 Å². The van der Waals surface area contributed by atoms with Gasteiger partial charge < -0.3 is 9.88 Å². The van der Waals surface area contributed by atoms with Gasteiger partial charge in [0.2, 0.25) is 15.9 Å². The van der Waals surface area contributed by atoms with Gasteiger partial charge in [0, 0.05) is 44.5 Å². The van der Waals surface area contributed by atoms with Crippen LogP contribution in [0.5, 0.6) is 0 Å². The Labute approximate surface area is 162 Å². The highest BCUT2D eigenvalue weighted by Crippen LogP contribution is 2.49. The van der Waals surface area contributed by atoms with Gasteiger partial charge in [0.25, 0.3) is 0 Å². The number of nitrogens with zero attached hydrogens (tertiary/aromatic N) is 2. The number of aromatic nitrogens is 1. The summed E-state index contributed by atoms with van der Waals surface area (Å²) in [7, 11) is -1.64. The second-order valence-electron chi connectivity index (χ2n) is 8.83. The maximum Gasteiger partial charge on any atom is 0.244 e. The van der Waals surface area contributed by atoms with Gasteiger partial charge in [-0.2, -0.15) is 4.31 Å². The first-order valence-electron chi connectivity index (χ1n) is 10.3. The lowest BCUT2D eigenvalue weighted by Gasteiger charge is -2.33. The van der Waals surface area contributed by atoms with Gasteiger partial charge in [-0.05, 0) is 62.8 Å². The number of hydrogen-bond acceptors (Lipinski definition) is 3. The molecule has 1 saturated heterocycles. The highest BCUT2D eigenvalue weighted by Gasteiger charge is 2.42. The molecule has 2 heterocycles. The molecule has 0 radical (unpaired) electrons. The van der Waals surface area contributed by atoms with Gasteiger partial charge in [-0.1, -0.05) is 6.42 Å². The van der Waals surface area contributed by atoms with Crippen molar-refractivity contribution >= 4 is 15.9 Å². The first-order valence-corrected chi connectivity index (χ1v) is 11.7. The minimum Gasteiger partial charge on any atom is -0.356 e. The maximum atomic E-state index is 12.7. The predicted molar refractivity (Wildman–Crippen MR) is 103 cm³/mol. The molecule has 1 aliphatic heterocycles. The second kappa shape index (κ2) is 7.24. The molecule has 3 fully saturated rings. The third-order valence-electron chi connectivity index (χ3n) is 7.07. The van der Waals surface area contributed by atoms with Crippen molar-refractivity contribution in [3.8, 4) is 0 Å². The molecular formula is C20H31N3O3S. The van der Waals surface area contributed by atoms with Crippen LogP contribution in [0.4, 0.5) is 0 Å². The molecule has 3 aliphatic rings.